The number of aromatic carboxylic acids is 1. The Morgan fingerprint density at radius 1 is 1.11 bits per heavy atom. The molecule has 1 aliphatic carbocycles. The number of rotatable bonds is 1. The van der Waals surface area contributed by atoms with E-state index < -0.39 is 11.6 Å². The van der Waals surface area contributed by atoms with Crippen LogP contribution in [-0.2, 0) is 5.67 Å². The first-order chi connectivity index (χ1) is 8.51. The van der Waals surface area contributed by atoms with Crippen molar-refractivity contribution in [3.63, 3.8) is 0 Å². The molecule has 2 aromatic carbocycles. The molecule has 2 aromatic rings. The van der Waals surface area contributed by atoms with Gasteiger partial charge in [0.15, 0.2) is 5.67 Å². The van der Waals surface area contributed by atoms with Gasteiger partial charge < -0.3 is 5.11 Å². The summed E-state index contributed by atoms with van der Waals surface area (Å²) in [6.45, 7) is 1.51. The fraction of sp³-hybridized carbons (Fsp3) is 0.133. The summed E-state index contributed by atoms with van der Waals surface area (Å²) < 4.78 is 14.8. The highest BCUT2D eigenvalue weighted by Gasteiger charge is 2.39. The molecule has 18 heavy (non-hydrogen) atoms. The van der Waals surface area contributed by atoms with Crippen molar-refractivity contribution in [1.82, 2.24) is 0 Å². The lowest BCUT2D eigenvalue weighted by atomic mass is 9.95. The number of halogens is 1. The van der Waals surface area contributed by atoms with Crippen molar-refractivity contribution in [2.45, 2.75) is 12.6 Å². The third kappa shape index (κ3) is 1.30. The summed E-state index contributed by atoms with van der Waals surface area (Å²) in [4.78, 5) is 11.0. The zero-order chi connectivity index (χ0) is 12.9. The van der Waals surface area contributed by atoms with Crippen LogP contribution in [0.1, 0.15) is 28.4 Å². The Morgan fingerprint density at radius 2 is 1.78 bits per heavy atom. The predicted octanol–water partition coefficient (Wildman–Crippen LogP) is 3.60. The van der Waals surface area contributed by atoms with Crippen molar-refractivity contribution in [2.75, 3.05) is 0 Å². The highest BCUT2D eigenvalue weighted by Crippen LogP contribution is 2.49. The molecule has 3 rings (SSSR count). The maximum atomic E-state index is 14.8. The summed E-state index contributed by atoms with van der Waals surface area (Å²) in [6, 6.07) is 11.8. The molecule has 2 nitrogen and oxygen atoms in total. The average Bonchev–Trinajstić information content (AvgIpc) is 2.59. The van der Waals surface area contributed by atoms with Gasteiger partial charge in [0.2, 0.25) is 0 Å². The Labute approximate surface area is 104 Å². The van der Waals surface area contributed by atoms with Gasteiger partial charge in [0.1, 0.15) is 0 Å². The van der Waals surface area contributed by atoms with E-state index in [2.05, 4.69) is 0 Å². The third-order valence-corrected chi connectivity index (χ3v) is 3.50. The van der Waals surface area contributed by atoms with Crippen LogP contribution >= 0.6 is 0 Å². The van der Waals surface area contributed by atoms with Gasteiger partial charge in [0.25, 0.3) is 0 Å². The van der Waals surface area contributed by atoms with Crippen molar-refractivity contribution in [3.05, 3.63) is 59.2 Å². The molecular formula is C15H11FO2. The second-order valence-electron chi connectivity index (χ2n) is 4.61. The molecule has 0 amide bonds. The van der Waals surface area contributed by atoms with Crippen molar-refractivity contribution >= 4 is 5.97 Å². The van der Waals surface area contributed by atoms with Gasteiger partial charge in [-0.25, -0.2) is 9.18 Å². The predicted molar refractivity (Wildman–Crippen MR) is 66.4 cm³/mol. The standard InChI is InChI=1S/C15H11FO2/c1-15(16)12-5-3-2-4-10(12)11-8-9(14(17)18)6-7-13(11)15/h2-8H,1H3,(H,17,18). The monoisotopic (exact) mass is 242 g/mol. The van der Waals surface area contributed by atoms with E-state index in [1.165, 1.54) is 13.0 Å². The van der Waals surface area contributed by atoms with Crippen molar-refractivity contribution in [1.29, 1.82) is 0 Å². The minimum atomic E-state index is -1.55. The van der Waals surface area contributed by atoms with Crippen LogP contribution in [0.25, 0.3) is 11.1 Å². The molecule has 1 aliphatic rings. The van der Waals surface area contributed by atoms with Gasteiger partial charge in [0, 0.05) is 11.1 Å². The first-order valence-corrected chi connectivity index (χ1v) is 5.68. The van der Waals surface area contributed by atoms with E-state index in [4.69, 9.17) is 5.11 Å². The lowest BCUT2D eigenvalue weighted by molar-refractivity contribution is 0.0697. The Kier molecular flexibility index (Phi) is 2.08. The molecule has 0 aliphatic heterocycles. The molecule has 3 heteroatoms. The second-order valence-corrected chi connectivity index (χ2v) is 4.61. The number of hydrogen-bond acceptors (Lipinski definition) is 1. The third-order valence-electron chi connectivity index (χ3n) is 3.50. The van der Waals surface area contributed by atoms with Crippen LogP contribution in [0.3, 0.4) is 0 Å². The summed E-state index contributed by atoms with van der Waals surface area (Å²) in [7, 11) is 0. The molecule has 0 fully saturated rings. The van der Waals surface area contributed by atoms with E-state index in [-0.39, 0.29) is 5.56 Å². The van der Waals surface area contributed by atoms with Crippen LogP contribution in [0.15, 0.2) is 42.5 Å². The number of carbonyl (C=O) groups is 1. The van der Waals surface area contributed by atoms with Gasteiger partial charge in [-0.15, -0.1) is 0 Å². The summed E-state index contributed by atoms with van der Waals surface area (Å²) in [6.07, 6.45) is 0. The smallest absolute Gasteiger partial charge is 0.335 e. The highest BCUT2D eigenvalue weighted by atomic mass is 19.1. The Hall–Kier alpha value is -2.16. The van der Waals surface area contributed by atoms with Crippen molar-refractivity contribution < 1.29 is 14.3 Å². The first kappa shape index (κ1) is 11.0. The van der Waals surface area contributed by atoms with Crippen LogP contribution < -0.4 is 0 Å². The molecule has 1 atom stereocenters. The quantitative estimate of drug-likeness (QED) is 0.829. The topological polar surface area (TPSA) is 37.3 Å². The summed E-state index contributed by atoms with van der Waals surface area (Å²) >= 11 is 0. The molecule has 0 saturated heterocycles. The highest BCUT2D eigenvalue weighted by molar-refractivity contribution is 5.91. The summed E-state index contributed by atoms with van der Waals surface area (Å²) in [5.41, 5.74) is 1.22. The van der Waals surface area contributed by atoms with E-state index in [1.807, 2.05) is 12.1 Å². The molecular weight excluding hydrogens is 231 g/mol. The Balaban J connectivity index is 2.33. The Bertz CT molecular complexity index is 659. The van der Waals surface area contributed by atoms with Crippen molar-refractivity contribution in [3.8, 4) is 11.1 Å². The minimum Gasteiger partial charge on any atom is -0.478 e. The maximum absolute atomic E-state index is 14.8. The molecule has 1 unspecified atom stereocenters. The van der Waals surface area contributed by atoms with E-state index >= 15 is 0 Å². The summed E-state index contributed by atoms with van der Waals surface area (Å²) in [5, 5.41) is 9.00. The number of carboxylic acids is 1. The average molecular weight is 242 g/mol. The lowest BCUT2D eigenvalue weighted by Gasteiger charge is -2.16. The fourth-order valence-electron chi connectivity index (χ4n) is 2.58. The van der Waals surface area contributed by atoms with Crippen LogP contribution in [0.4, 0.5) is 4.39 Å². The van der Waals surface area contributed by atoms with E-state index in [1.54, 1.807) is 24.3 Å². The first-order valence-electron chi connectivity index (χ1n) is 5.68. The van der Waals surface area contributed by atoms with Gasteiger partial charge >= 0.3 is 5.97 Å². The molecule has 0 saturated carbocycles. The van der Waals surface area contributed by atoms with Crippen molar-refractivity contribution in [2.24, 2.45) is 0 Å². The van der Waals surface area contributed by atoms with Crippen LogP contribution in [0.2, 0.25) is 0 Å². The maximum Gasteiger partial charge on any atom is 0.335 e. The van der Waals surface area contributed by atoms with Gasteiger partial charge in [-0.2, -0.15) is 0 Å². The van der Waals surface area contributed by atoms with E-state index in [0.717, 1.165) is 5.56 Å². The van der Waals surface area contributed by atoms with E-state index in [0.29, 0.717) is 16.7 Å². The zero-order valence-corrected chi connectivity index (χ0v) is 9.77. The van der Waals surface area contributed by atoms with Gasteiger partial charge in [-0.05, 0) is 30.2 Å². The second kappa shape index (κ2) is 3.42. The number of alkyl halides is 1. The molecule has 1 N–H and O–H groups in total. The molecule has 0 spiro atoms. The van der Waals surface area contributed by atoms with E-state index in [9.17, 15) is 9.18 Å². The largest absolute Gasteiger partial charge is 0.478 e. The number of benzene rings is 2. The number of carboxylic acid groups (broad SMARTS) is 1. The molecule has 0 heterocycles. The van der Waals surface area contributed by atoms with Crippen LogP contribution in [0, 0.1) is 0 Å². The molecule has 0 radical (unpaired) electrons. The minimum absolute atomic E-state index is 0.182. The Morgan fingerprint density at radius 3 is 2.50 bits per heavy atom. The SMILES string of the molecule is CC1(F)c2ccccc2-c2cc(C(=O)O)ccc21. The van der Waals surface area contributed by atoms with Gasteiger partial charge in [-0.1, -0.05) is 30.3 Å². The summed E-state index contributed by atoms with van der Waals surface area (Å²) in [5.74, 6) is -0.997. The molecule has 0 aromatic heterocycles. The van der Waals surface area contributed by atoms with Gasteiger partial charge in [-0.3, -0.25) is 0 Å². The fourth-order valence-corrected chi connectivity index (χ4v) is 2.58. The molecule has 0 bridgehead atoms. The lowest BCUT2D eigenvalue weighted by Crippen LogP contribution is -2.12. The molecule has 90 valence electrons. The number of fused-ring (bicyclic) bond motifs is 3. The zero-order valence-electron chi connectivity index (χ0n) is 9.77. The van der Waals surface area contributed by atoms with Crippen LogP contribution in [-0.4, -0.2) is 11.1 Å². The van der Waals surface area contributed by atoms with Crippen LogP contribution in [0.5, 0.6) is 0 Å². The number of hydrogen-bond donors (Lipinski definition) is 1. The normalized spacial score (nSPS) is 20.3. The van der Waals surface area contributed by atoms with Gasteiger partial charge in [0.05, 0.1) is 5.56 Å².